The fraction of sp³-hybridized carbons (Fsp3) is 0.273. The minimum Gasteiger partial charge on any atom is -0.465 e. The molecular weight excluding hydrogens is 427 g/mol. The highest BCUT2D eigenvalue weighted by Gasteiger charge is 2.22. The average Bonchev–Trinajstić information content (AvgIpc) is 2.75. The van der Waals surface area contributed by atoms with Gasteiger partial charge in [-0.25, -0.2) is 4.79 Å². The number of carbonyl (C=O) groups excluding carboxylic acids is 1. The van der Waals surface area contributed by atoms with Gasteiger partial charge in [0, 0.05) is 21.6 Å². The summed E-state index contributed by atoms with van der Waals surface area (Å²) < 4.78 is 4.95. The number of thioether (sulfide) groups is 1. The largest absolute Gasteiger partial charge is 0.465 e. The topological polar surface area (TPSA) is 51.2 Å². The van der Waals surface area contributed by atoms with Crippen molar-refractivity contribution in [1.82, 2.24) is 4.98 Å². The molecule has 29 heavy (non-hydrogen) atoms. The zero-order valence-corrected chi connectivity index (χ0v) is 18.2. The van der Waals surface area contributed by atoms with E-state index in [9.17, 15) is 4.79 Å². The minimum atomic E-state index is -0.443. The van der Waals surface area contributed by atoms with Crippen molar-refractivity contribution in [3.8, 4) is 0 Å². The van der Waals surface area contributed by atoms with Crippen molar-refractivity contribution in [3.63, 3.8) is 0 Å². The minimum absolute atomic E-state index is 0.386. The number of halogens is 2. The number of methoxy groups -OCH3 is 1. The van der Waals surface area contributed by atoms with E-state index in [-0.39, 0.29) is 0 Å². The van der Waals surface area contributed by atoms with Crippen LogP contribution in [0.3, 0.4) is 0 Å². The number of anilines is 2. The number of carbonyl (C=O) groups is 1. The van der Waals surface area contributed by atoms with Crippen LogP contribution in [0.5, 0.6) is 0 Å². The maximum Gasteiger partial charge on any atom is 0.340 e. The molecule has 4 nitrogen and oxygen atoms in total. The number of pyridine rings is 1. The molecule has 7 heteroatoms. The van der Waals surface area contributed by atoms with E-state index in [2.05, 4.69) is 10.3 Å². The van der Waals surface area contributed by atoms with Crippen LogP contribution < -0.4 is 5.32 Å². The molecule has 0 amide bonds. The fourth-order valence-electron chi connectivity index (χ4n) is 3.68. The van der Waals surface area contributed by atoms with Crippen LogP contribution >= 0.6 is 35.0 Å². The normalized spacial score (nSPS) is 14.7. The van der Waals surface area contributed by atoms with Crippen LogP contribution in [0, 0.1) is 0 Å². The molecule has 0 unspecified atom stereocenters. The first-order valence-electron chi connectivity index (χ1n) is 9.37. The van der Waals surface area contributed by atoms with Crippen LogP contribution in [0.1, 0.15) is 34.7 Å². The van der Waals surface area contributed by atoms with Gasteiger partial charge in [0.15, 0.2) is 0 Å². The van der Waals surface area contributed by atoms with Crippen molar-refractivity contribution >= 4 is 63.2 Å². The Morgan fingerprint density at radius 2 is 1.86 bits per heavy atom. The quantitative estimate of drug-likeness (QED) is 0.452. The summed E-state index contributed by atoms with van der Waals surface area (Å²) in [5, 5.41) is 5.53. The summed E-state index contributed by atoms with van der Waals surface area (Å²) in [7, 11) is 1.36. The molecule has 2 aromatic carbocycles. The molecule has 1 fully saturated rings. The van der Waals surface area contributed by atoms with E-state index in [1.54, 1.807) is 18.2 Å². The smallest absolute Gasteiger partial charge is 0.340 e. The summed E-state index contributed by atoms with van der Waals surface area (Å²) in [4.78, 5) is 17.0. The number of benzene rings is 2. The van der Waals surface area contributed by atoms with Crippen LogP contribution in [0.2, 0.25) is 10.0 Å². The highest BCUT2D eigenvalue weighted by molar-refractivity contribution is 7.99. The monoisotopic (exact) mass is 446 g/mol. The van der Waals surface area contributed by atoms with Crippen molar-refractivity contribution in [2.75, 3.05) is 23.9 Å². The van der Waals surface area contributed by atoms with Crippen molar-refractivity contribution in [2.45, 2.75) is 18.8 Å². The maximum atomic E-state index is 12.3. The van der Waals surface area contributed by atoms with Crippen LogP contribution in [-0.4, -0.2) is 29.6 Å². The Labute approximate surface area is 183 Å². The van der Waals surface area contributed by atoms with Gasteiger partial charge in [0.05, 0.1) is 29.6 Å². The number of hydrogen-bond donors (Lipinski definition) is 1. The molecule has 0 bridgehead atoms. The lowest BCUT2D eigenvalue weighted by Crippen LogP contribution is -2.12. The summed E-state index contributed by atoms with van der Waals surface area (Å²) in [6, 6.07) is 10.8. The molecular formula is C22H20Cl2N2O2S. The molecule has 0 saturated carbocycles. The zero-order valence-electron chi connectivity index (χ0n) is 15.9. The molecule has 4 rings (SSSR count). The predicted molar refractivity (Wildman–Crippen MR) is 122 cm³/mol. The van der Waals surface area contributed by atoms with Gasteiger partial charge in [-0.1, -0.05) is 23.2 Å². The van der Waals surface area contributed by atoms with Gasteiger partial charge in [0.2, 0.25) is 0 Å². The first kappa shape index (κ1) is 20.3. The number of esters is 1. The highest BCUT2D eigenvalue weighted by atomic mass is 35.5. The summed E-state index contributed by atoms with van der Waals surface area (Å²) >= 11 is 14.4. The Kier molecular flexibility index (Phi) is 6.18. The van der Waals surface area contributed by atoms with Crippen LogP contribution in [-0.2, 0) is 4.74 Å². The Bertz CT molecular complexity index is 1070. The molecule has 0 aliphatic carbocycles. The van der Waals surface area contributed by atoms with Gasteiger partial charge in [0.25, 0.3) is 0 Å². The number of rotatable bonds is 4. The van der Waals surface area contributed by atoms with Gasteiger partial charge in [-0.2, -0.15) is 11.8 Å². The Hall–Kier alpha value is -1.95. The van der Waals surface area contributed by atoms with Crippen LogP contribution in [0.4, 0.5) is 11.4 Å². The maximum absolute atomic E-state index is 12.3. The SMILES string of the molecule is COC(=O)c1cc(Cl)ccc1Nc1c(C2CCSCC2)cnc2ccc(Cl)cc12. The number of fused-ring (bicyclic) bond motifs is 1. The predicted octanol–water partition coefficient (Wildman–Crippen LogP) is 6.68. The van der Waals surface area contributed by atoms with E-state index in [1.807, 2.05) is 36.2 Å². The van der Waals surface area contributed by atoms with Gasteiger partial charge in [-0.15, -0.1) is 0 Å². The molecule has 3 aromatic rings. The Morgan fingerprint density at radius 3 is 2.62 bits per heavy atom. The third-order valence-corrected chi connectivity index (χ3v) is 6.69. The van der Waals surface area contributed by atoms with E-state index < -0.39 is 5.97 Å². The third kappa shape index (κ3) is 4.32. The summed E-state index contributed by atoms with van der Waals surface area (Å²) in [6.07, 6.45) is 4.14. The second-order valence-corrected chi connectivity index (χ2v) is 9.04. The van der Waals surface area contributed by atoms with Gasteiger partial charge < -0.3 is 10.1 Å². The highest BCUT2D eigenvalue weighted by Crippen LogP contribution is 2.40. The van der Waals surface area contributed by atoms with Gasteiger partial charge in [-0.3, -0.25) is 4.98 Å². The molecule has 1 saturated heterocycles. The van der Waals surface area contributed by atoms with Crippen molar-refractivity contribution in [1.29, 1.82) is 0 Å². The molecule has 150 valence electrons. The Morgan fingerprint density at radius 1 is 1.14 bits per heavy atom. The second-order valence-electron chi connectivity index (χ2n) is 6.94. The van der Waals surface area contributed by atoms with E-state index in [0.29, 0.717) is 27.2 Å². The van der Waals surface area contributed by atoms with E-state index in [0.717, 1.165) is 46.5 Å². The van der Waals surface area contributed by atoms with E-state index in [4.69, 9.17) is 27.9 Å². The van der Waals surface area contributed by atoms with E-state index >= 15 is 0 Å². The third-order valence-electron chi connectivity index (χ3n) is 5.17. The number of aromatic nitrogens is 1. The standard InChI is InChI=1S/C22H20Cl2N2O2S/c1-28-22(27)17-11-15(24)3-5-20(17)26-21-16-10-14(23)2-4-19(16)25-12-18(21)13-6-8-29-9-7-13/h2-5,10-13H,6-9H2,1H3,(H,25,26). The molecule has 0 radical (unpaired) electrons. The molecule has 0 spiro atoms. The first-order valence-corrected chi connectivity index (χ1v) is 11.3. The van der Waals surface area contributed by atoms with Crippen molar-refractivity contribution < 1.29 is 9.53 Å². The van der Waals surface area contributed by atoms with Crippen LogP contribution in [0.15, 0.2) is 42.6 Å². The number of hydrogen-bond acceptors (Lipinski definition) is 5. The van der Waals surface area contributed by atoms with E-state index in [1.165, 1.54) is 7.11 Å². The van der Waals surface area contributed by atoms with Crippen LogP contribution in [0.25, 0.3) is 10.9 Å². The van der Waals surface area contributed by atoms with Crippen molar-refractivity contribution in [3.05, 3.63) is 63.8 Å². The first-order chi connectivity index (χ1) is 14.1. The number of nitrogens with zero attached hydrogens (tertiary/aromatic N) is 1. The molecule has 1 aliphatic heterocycles. The molecule has 0 atom stereocenters. The molecule has 2 heterocycles. The molecule has 1 N–H and O–H groups in total. The summed E-state index contributed by atoms with van der Waals surface area (Å²) in [5.41, 5.74) is 3.95. The van der Waals surface area contributed by atoms with Crippen molar-refractivity contribution in [2.24, 2.45) is 0 Å². The second kappa shape index (κ2) is 8.82. The summed E-state index contributed by atoms with van der Waals surface area (Å²) in [5.74, 6) is 2.23. The lowest BCUT2D eigenvalue weighted by atomic mass is 9.91. The average molecular weight is 447 g/mol. The summed E-state index contributed by atoms with van der Waals surface area (Å²) in [6.45, 7) is 0. The molecule has 1 aliphatic rings. The fourth-order valence-corrected chi connectivity index (χ4v) is 5.13. The van der Waals surface area contributed by atoms with Gasteiger partial charge >= 0.3 is 5.97 Å². The number of ether oxygens (including phenoxy) is 1. The lowest BCUT2D eigenvalue weighted by molar-refractivity contribution is 0.0602. The van der Waals surface area contributed by atoms with Gasteiger partial charge in [0.1, 0.15) is 0 Å². The molecule has 1 aromatic heterocycles. The zero-order chi connectivity index (χ0) is 20.4. The number of nitrogens with one attached hydrogen (secondary N) is 1. The lowest BCUT2D eigenvalue weighted by Gasteiger charge is -2.25. The Balaban J connectivity index is 1.87. The van der Waals surface area contributed by atoms with Gasteiger partial charge in [-0.05, 0) is 72.2 Å².